The van der Waals surface area contributed by atoms with Crippen molar-refractivity contribution in [3.63, 3.8) is 0 Å². The Hall–Kier alpha value is -1.32. The third-order valence-corrected chi connectivity index (χ3v) is 9.38. The van der Waals surface area contributed by atoms with Gasteiger partial charge in [0.1, 0.15) is 12.2 Å². The van der Waals surface area contributed by atoms with E-state index in [-0.39, 0.29) is 35.0 Å². The van der Waals surface area contributed by atoms with Crippen LogP contribution in [0.4, 0.5) is 0 Å². The van der Waals surface area contributed by atoms with Gasteiger partial charge in [0.25, 0.3) is 0 Å². The molecule has 0 radical (unpaired) electrons. The molecule has 0 aromatic rings. The molecule has 3 fully saturated rings. The molecule has 2 unspecified atom stereocenters. The van der Waals surface area contributed by atoms with Gasteiger partial charge in [0.15, 0.2) is 0 Å². The van der Waals surface area contributed by atoms with Crippen molar-refractivity contribution >= 4 is 11.9 Å². The highest BCUT2D eigenvalue weighted by Gasteiger charge is 2.59. The van der Waals surface area contributed by atoms with Gasteiger partial charge in [-0.1, -0.05) is 25.5 Å². The number of hydrogen-bond acceptors (Lipinski definition) is 4. The number of carbonyl (C=O) groups excluding carboxylic acids is 2. The number of esters is 2. The summed E-state index contributed by atoms with van der Waals surface area (Å²) in [5.74, 6) is 2.38. The second-order valence-corrected chi connectivity index (χ2v) is 10.8. The van der Waals surface area contributed by atoms with Crippen molar-refractivity contribution in [3.05, 3.63) is 11.6 Å². The standard InChI is InChI=1S/C25H38O4/c1-15(28-16(2)26)21-8-9-22-20-7-6-18-14-19(29-17(3)27)10-12-24(18,4)23(20)11-13-25(21,22)5/h6,15,19-23H,7-14H2,1-5H3/t15?,19?,20-,21+,22-,23-,24-,25+/m0/s1. The third kappa shape index (κ3) is 3.45. The molecule has 0 spiro atoms. The molecule has 0 bridgehead atoms. The average Bonchev–Trinajstić information content (AvgIpc) is 2.98. The van der Waals surface area contributed by atoms with Crippen LogP contribution in [0.2, 0.25) is 0 Å². The molecule has 4 rings (SSSR count). The van der Waals surface area contributed by atoms with Gasteiger partial charge in [-0.05, 0) is 80.5 Å². The lowest BCUT2D eigenvalue weighted by molar-refractivity contribution is -0.153. The number of fused-ring (bicyclic) bond motifs is 5. The summed E-state index contributed by atoms with van der Waals surface area (Å²) in [6.07, 6.45) is 11.8. The van der Waals surface area contributed by atoms with E-state index in [4.69, 9.17) is 9.47 Å². The van der Waals surface area contributed by atoms with Crippen molar-refractivity contribution in [3.8, 4) is 0 Å². The molecule has 29 heavy (non-hydrogen) atoms. The molecule has 4 heteroatoms. The first-order chi connectivity index (χ1) is 13.6. The molecule has 8 atom stereocenters. The van der Waals surface area contributed by atoms with Crippen LogP contribution in [-0.2, 0) is 19.1 Å². The van der Waals surface area contributed by atoms with Crippen molar-refractivity contribution in [2.75, 3.05) is 0 Å². The zero-order chi connectivity index (χ0) is 21.0. The molecule has 4 aliphatic carbocycles. The Kier molecular flexibility index (Phi) is 5.36. The normalized spacial score (nSPS) is 44.6. The van der Waals surface area contributed by atoms with E-state index in [1.54, 1.807) is 5.57 Å². The molecule has 0 aromatic carbocycles. The van der Waals surface area contributed by atoms with Gasteiger partial charge in [0.05, 0.1) is 0 Å². The highest BCUT2D eigenvalue weighted by atomic mass is 16.5. The van der Waals surface area contributed by atoms with E-state index in [2.05, 4.69) is 26.8 Å². The van der Waals surface area contributed by atoms with E-state index in [0.29, 0.717) is 5.92 Å². The minimum Gasteiger partial charge on any atom is -0.463 e. The second kappa shape index (κ2) is 7.42. The second-order valence-electron chi connectivity index (χ2n) is 10.8. The first-order valence-electron chi connectivity index (χ1n) is 11.7. The summed E-state index contributed by atoms with van der Waals surface area (Å²) >= 11 is 0. The highest BCUT2D eigenvalue weighted by molar-refractivity contribution is 5.66. The van der Waals surface area contributed by atoms with Crippen LogP contribution in [0.5, 0.6) is 0 Å². The maximum Gasteiger partial charge on any atom is 0.302 e. The Balaban J connectivity index is 1.54. The van der Waals surface area contributed by atoms with Crippen molar-refractivity contribution in [2.24, 2.45) is 34.5 Å². The maximum absolute atomic E-state index is 11.5. The van der Waals surface area contributed by atoms with Crippen LogP contribution < -0.4 is 0 Å². The van der Waals surface area contributed by atoms with Crippen LogP contribution in [0, 0.1) is 34.5 Å². The first-order valence-corrected chi connectivity index (χ1v) is 11.7. The largest absolute Gasteiger partial charge is 0.463 e. The van der Waals surface area contributed by atoms with Crippen molar-refractivity contribution in [1.82, 2.24) is 0 Å². The number of rotatable bonds is 3. The summed E-state index contributed by atoms with van der Waals surface area (Å²) in [4.78, 5) is 23.0. The Morgan fingerprint density at radius 1 is 1.03 bits per heavy atom. The van der Waals surface area contributed by atoms with E-state index in [9.17, 15) is 9.59 Å². The van der Waals surface area contributed by atoms with E-state index < -0.39 is 0 Å². The van der Waals surface area contributed by atoms with Crippen LogP contribution in [0.1, 0.15) is 86.0 Å². The Morgan fingerprint density at radius 3 is 2.48 bits per heavy atom. The molecule has 4 aliphatic rings. The Morgan fingerprint density at radius 2 is 1.79 bits per heavy atom. The maximum atomic E-state index is 11.5. The van der Waals surface area contributed by atoms with Gasteiger partial charge in [0, 0.05) is 26.2 Å². The molecule has 0 heterocycles. The lowest BCUT2D eigenvalue weighted by atomic mass is 9.47. The minimum atomic E-state index is -0.153. The van der Waals surface area contributed by atoms with Crippen LogP contribution in [0.25, 0.3) is 0 Å². The molecule has 0 N–H and O–H groups in total. The molecular weight excluding hydrogens is 364 g/mol. The smallest absolute Gasteiger partial charge is 0.302 e. The summed E-state index contributed by atoms with van der Waals surface area (Å²) in [5.41, 5.74) is 2.09. The topological polar surface area (TPSA) is 52.6 Å². The van der Waals surface area contributed by atoms with Crippen LogP contribution in [0.3, 0.4) is 0 Å². The Labute approximate surface area is 175 Å². The predicted octanol–water partition coefficient (Wildman–Crippen LogP) is 5.45. The van der Waals surface area contributed by atoms with Gasteiger partial charge in [-0.3, -0.25) is 9.59 Å². The number of ether oxygens (including phenoxy) is 2. The summed E-state index contributed by atoms with van der Waals surface area (Å²) in [5, 5.41) is 0. The van der Waals surface area contributed by atoms with Gasteiger partial charge in [0.2, 0.25) is 0 Å². The molecule has 162 valence electrons. The fraction of sp³-hybridized carbons (Fsp3) is 0.840. The molecule has 0 aliphatic heterocycles. The Bertz CT molecular complexity index is 712. The monoisotopic (exact) mass is 402 g/mol. The molecule has 4 nitrogen and oxygen atoms in total. The third-order valence-electron chi connectivity index (χ3n) is 9.38. The van der Waals surface area contributed by atoms with Crippen LogP contribution in [0.15, 0.2) is 11.6 Å². The van der Waals surface area contributed by atoms with Gasteiger partial charge in [-0.2, -0.15) is 0 Å². The van der Waals surface area contributed by atoms with Crippen LogP contribution >= 0.6 is 0 Å². The first kappa shape index (κ1) is 20.9. The van der Waals surface area contributed by atoms with Crippen LogP contribution in [-0.4, -0.2) is 24.1 Å². The fourth-order valence-corrected chi connectivity index (χ4v) is 8.12. The lowest BCUT2D eigenvalue weighted by Crippen LogP contribution is -2.51. The number of carbonyl (C=O) groups is 2. The summed E-state index contributed by atoms with van der Waals surface area (Å²) in [6, 6.07) is 0. The fourth-order valence-electron chi connectivity index (χ4n) is 8.12. The molecule has 0 saturated heterocycles. The van der Waals surface area contributed by atoms with Crippen molar-refractivity contribution in [1.29, 1.82) is 0 Å². The number of hydrogen-bond donors (Lipinski definition) is 0. The summed E-state index contributed by atoms with van der Waals surface area (Å²) in [6.45, 7) is 10.1. The zero-order valence-electron chi connectivity index (χ0n) is 18.8. The highest BCUT2D eigenvalue weighted by Crippen LogP contribution is 2.66. The lowest BCUT2D eigenvalue weighted by Gasteiger charge is -2.58. The minimum absolute atomic E-state index is 0.0171. The quantitative estimate of drug-likeness (QED) is 0.465. The molecular formula is C25H38O4. The van der Waals surface area contributed by atoms with Gasteiger partial charge < -0.3 is 9.47 Å². The molecule has 3 saturated carbocycles. The average molecular weight is 403 g/mol. The summed E-state index contributed by atoms with van der Waals surface area (Å²) < 4.78 is 11.2. The van der Waals surface area contributed by atoms with E-state index in [1.807, 2.05) is 0 Å². The van der Waals surface area contributed by atoms with Gasteiger partial charge in [-0.25, -0.2) is 0 Å². The van der Waals surface area contributed by atoms with E-state index >= 15 is 0 Å². The molecule has 0 amide bonds. The van der Waals surface area contributed by atoms with E-state index in [0.717, 1.165) is 43.4 Å². The van der Waals surface area contributed by atoms with Gasteiger partial charge in [-0.15, -0.1) is 0 Å². The predicted molar refractivity (Wildman–Crippen MR) is 112 cm³/mol. The summed E-state index contributed by atoms with van der Waals surface area (Å²) in [7, 11) is 0. The zero-order valence-corrected chi connectivity index (χ0v) is 18.8. The molecule has 0 aromatic heterocycles. The SMILES string of the molecule is CC(=O)OC1CC[C@@]2(C)C(=CC[C@H]3[C@@H]4CC[C@H](C(C)OC(C)=O)[C@@]4(C)CC[C@@H]32)C1. The van der Waals surface area contributed by atoms with Crippen molar-refractivity contribution in [2.45, 2.75) is 98.2 Å². The van der Waals surface area contributed by atoms with Crippen molar-refractivity contribution < 1.29 is 19.1 Å². The van der Waals surface area contributed by atoms with E-state index in [1.165, 1.54) is 39.5 Å². The van der Waals surface area contributed by atoms with Gasteiger partial charge >= 0.3 is 11.9 Å². The number of allylic oxidation sites excluding steroid dienone is 1.